The summed E-state index contributed by atoms with van der Waals surface area (Å²) in [6, 6.07) is 1.52. The number of aliphatic hydroxyl groups excluding tert-OH is 1. The molecule has 3 heteroatoms. The van der Waals surface area contributed by atoms with Crippen LogP contribution in [0.25, 0.3) is 0 Å². The molecular formula is C9H15NO2. The first-order valence-electron chi connectivity index (χ1n) is 4.03. The number of hydrogen-bond acceptors (Lipinski definition) is 3. The fraction of sp³-hybridized carbons (Fsp3) is 0.556. The normalized spacial score (nSPS) is 16.1. The Morgan fingerprint density at radius 3 is 2.42 bits per heavy atom. The summed E-state index contributed by atoms with van der Waals surface area (Å²) in [6.45, 7) is 5.39. The molecule has 0 fully saturated rings. The Kier molecular flexibility index (Phi) is 2.55. The zero-order chi connectivity index (χ0) is 9.30. The summed E-state index contributed by atoms with van der Waals surface area (Å²) in [5.41, 5.74) is 6.63. The third-order valence-electron chi connectivity index (χ3n) is 1.96. The maximum Gasteiger partial charge on any atom is 0.105 e. The Morgan fingerprint density at radius 2 is 2.08 bits per heavy atom. The highest BCUT2D eigenvalue weighted by Crippen LogP contribution is 2.21. The topological polar surface area (TPSA) is 59.4 Å². The zero-order valence-corrected chi connectivity index (χ0v) is 7.66. The van der Waals surface area contributed by atoms with Crippen molar-refractivity contribution in [1.29, 1.82) is 0 Å². The smallest absolute Gasteiger partial charge is 0.105 e. The molecule has 1 aromatic heterocycles. The van der Waals surface area contributed by atoms with Crippen molar-refractivity contribution >= 4 is 0 Å². The van der Waals surface area contributed by atoms with Crippen LogP contribution >= 0.6 is 0 Å². The van der Waals surface area contributed by atoms with E-state index in [0.29, 0.717) is 0 Å². The summed E-state index contributed by atoms with van der Waals surface area (Å²) in [5.74, 6) is 1.62. The Balaban J connectivity index is 2.94. The Bertz CT molecular complexity index is 265. The highest BCUT2D eigenvalue weighted by Gasteiger charge is 2.16. The quantitative estimate of drug-likeness (QED) is 0.701. The lowest BCUT2D eigenvalue weighted by Crippen LogP contribution is -2.23. The summed E-state index contributed by atoms with van der Waals surface area (Å²) in [4.78, 5) is 0. The molecule has 12 heavy (non-hydrogen) atoms. The molecule has 0 aliphatic carbocycles. The first kappa shape index (κ1) is 9.29. The molecule has 0 radical (unpaired) electrons. The maximum atomic E-state index is 9.24. The minimum atomic E-state index is -0.541. The van der Waals surface area contributed by atoms with Gasteiger partial charge in [-0.25, -0.2) is 0 Å². The standard InChI is InChI=1S/C9H15NO2/c1-5-4-8(7(3)12-5)9(10)6(2)11/h4,6,9,11H,10H2,1-3H3. The fourth-order valence-electron chi connectivity index (χ4n) is 1.24. The average Bonchev–Trinajstić information content (AvgIpc) is 2.28. The van der Waals surface area contributed by atoms with Gasteiger partial charge in [-0.15, -0.1) is 0 Å². The van der Waals surface area contributed by atoms with Crippen LogP contribution in [0.1, 0.15) is 30.0 Å². The molecule has 0 bridgehead atoms. The lowest BCUT2D eigenvalue weighted by atomic mass is 10.0. The molecule has 0 spiro atoms. The zero-order valence-electron chi connectivity index (χ0n) is 7.66. The van der Waals surface area contributed by atoms with Crippen molar-refractivity contribution in [3.8, 4) is 0 Å². The highest BCUT2D eigenvalue weighted by atomic mass is 16.3. The van der Waals surface area contributed by atoms with Gasteiger partial charge in [0.25, 0.3) is 0 Å². The number of hydrogen-bond donors (Lipinski definition) is 2. The van der Waals surface area contributed by atoms with Crippen LogP contribution in [0.4, 0.5) is 0 Å². The number of furan rings is 1. The number of rotatable bonds is 2. The second-order valence-electron chi connectivity index (χ2n) is 3.13. The van der Waals surface area contributed by atoms with Crippen molar-refractivity contribution in [2.75, 3.05) is 0 Å². The van der Waals surface area contributed by atoms with Gasteiger partial charge in [-0.1, -0.05) is 0 Å². The van der Waals surface area contributed by atoms with Crippen LogP contribution in [0.3, 0.4) is 0 Å². The van der Waals surface area contributed by atoms with Crippen LogP contribution < -0.4 is 5.73 Å². The number of aliphatic hydroxyl groups is 1. The van der Waals surface area contributed by atoms with Crippen LogP contribution in [-0.2, 0) is 0 Å². The first-order chi connectivity index (χ1) is 5.52. The predicted molar refractivity (Wildman–Crippen MR) is 46.8 cm³/mol. The van der Waals surface area contributed by atoms with Gasteiger partial charge in [-0.05, 0) is 26.8 Å². The second-order valence-corrected chi connectivity index (χ2v) is 3.13. The molecule has 0 aliphatic rings. The van der Waals surface area contributed by atoms with Crippen LogP contribution in [0, 0.1) is 13.8 Å². The van der Waals surface area contributed by atoms with Crippen molar-refractivity contribution < 1.29 is 9.52 Å². The van der Waals surface area contributed by atoms with Gasteiger partial charge in [0.2, 0.25) is 0 Å². The van der Waals surface area contributed by atoms with Crippen molar-refractivity contribution in [3.05, 3.63) is 23.2 Å². The van der Waals surface area contributed by atoms with Gasteiger partial charge < -0.3 is 15.3 Å². The van der Waals surface area contributed by atoms with E-state index in [0.717, 1.165) is 17.1 Å². The fourth-order valence-corrected chi connectivity index (χ4v) is 1.24. The van der Waals surface area contributed by atoms with E-state index in [9.17, 15) is 5.11 Å². The van der Waals surface area contributed by atoms with E-state index in [4.69, 9.17) is 10.2 Å². The van der Waals surface area contributed by atoms with Gasteiger partial charge in [0, 0.05) is 5.56 Å². The monoisotopic (exact) mass is 169 g/mol. The third-order valence-corrected chi connectivity index (χ3v) is 1.96. The predicted octanol–water partition coefficient (Wildman–Crippen LogP) is 1.28. The molecule has 2 atom stereocenters. The minimum absolute atomic E-state index is 0.345. The van der Waals surface area contributed by atoms with Gasteiger partial charge in [0.05, 0.1) is 12.1 Å². The molecule has 0 saturated carbocycles. The molecule has 0 aliphatic heterocycles. The van der Waals surface area contributed by atoms with E-state index in [1.54, 1.807) is 6.92 Å². The summed E-state index contributed by atoms with van der Waals surface area (Å²) in [6.07, 6.45) is -0.541. The molecule has 0 amide bonds. The number of aryl methyl sites for hydroxylation is 2. The van der Waals surface area contributed by atoms with Crippen molar-refractivity contribution in [2.24, 2.45) is 5.73 Å². The van der Waals surface area contributed by atoms with Gasteiger partial charge in [-0.2, -0.15) is 0 Å². The van der Waals surface area contributed by atoms with E-state index in [1.807, 2.05) is 19.9 Å². The Hall–Kier alpha value is -0.800. The van der Waals surface area contributed by atoms with E-state index in [-0.39, 0.29) is 6.04 Å². The lowest BCUT2D eigenvalue weighted by molar-refractivity contribution is 0.163. The SMILES string of the molecule is Cc1cc(C(N)C(C)O)c(C)o1. The molecule has 2 unspecified atom stereocenters. The van der Waals surface area contributed by atoms with Crippen molar-refractivity contribution in [2.45, 2.75) is 32.9 Å². The van der Waals surface area contributed by atoms with E-state index in [1.165, 1.54) is 0 Å². The molecule has 1 heterocycles. The maximum absolute atomic E-state index is 9.24. The molecule has 1 rings (SSSR count). The lowest BCUT2D eigenvalue weighted by Gasteiger charge is -2.12. The van der Waals surface area contributed by atoms with Crippen LogP contribution in [-0.4, -0.2) is 11.2 Å². The van der Waals surface area contributed by atoms with Gasteiger partial charge in [0.1, 0.15) is 11.5 Å². The summed E-state index contributed by atoms with van der Waals surface area (Å²) >= 11 is 0. The van der Waals surface area contributed by atoms with E-state index in [2.05, 4.69) is 0 Å². The van der Waals surface area contributed by atoms with E-state index >= 15 is 0 Å². The van der Waals surface area contributed by atoms with Crippen molar-refractivity contribution in [3.63, 3.8) is 0 Å². The summed E-state index contributed by atoms with van der Waals surface area (Å²) < 4.78 is 5.29. The Morgan fingerprint density at radius 1 is 1.50 bits per heavy atom. The van der Waals surface area contributed by atoms with Gasteiger partial charge in [-0.3, -0.25) is 0 Å². The second kappa shape index (κ2) is 3.29. The average molecular weight is 169 g/mol. The first-order valence-corrected chi connectivity index (χ1v) is 4.03. The Labute approximate surface area is 72.2 Å². The third kappa shape index (κ3) is 1.68. The summed E-state index contributed by atoms with van der Waals surface area (Å²) in [7, 11) is 0. The highest BCUT2D eigenvalue weighted by molar-refractivity contribution is 5.24. The van der Waals surface area contributed by atoms with Crippen LogP contribution in [0.5, 0.6) is 0 Å². The number of nitrogens with two attached hydrogens (primary N) is 1. The molecule has 0 saturated heterocycles. The molecule has 1 aromatic rings. The molecular weight excluding hydrogens is 154 g/mol. The van der Waals surface area contributed by atoms with Crippen molar-refractivity contribution in [1.82, 2.24) is 0 Å². The minimum Gasteiger partial charge on any atom is -0.466 e. The summed E-state index contributed by atoms with van der Waals surface area (Å²) in [5, 5.41) is 9.24. The van der Waals surface area contributed by atoms with E-state index < -0.39 is 6.10 Å². The molecule has 0 aromatic carbocycles. The van der Waals surface area contributed by atoms with Gasteiger partial charge in [0.15, 0.2) is 0 Å². The largest absolute Gasteiger partial charge is 0.466 e. The van der Waals surface area contributed by atoms with Gasteiger partial charge >= 0.3 is 0 Å². The van der Waals surface area contributed by atoms with Crippen LogP contribution in [0.2, 0.25) is 0 Å². The molecule has 68 valence electrons. The molecule has 3 N–H and O–H groups in total. The molecule has 3 nitrogen and oxygen atoms in total. The van der Waals surface area contributed by atoms with Crippen LogP contribution in [0.15, 0.2) is 10.5 Å².